The fraction of sp³-hybridized carbons (Fsp3) is 0.158. The highest BCUT2D eigenvalue weighted by Crippen LogP contribution is 2.23. The molecule has 0 radical (unpaired) electrons. The van der Waals surface area contributed by atoms with Crippen LogP contribution in [0.5, 0.6) is 11.5 Å². The van der Waals surface area contributed by atoms with Gasteiger partial charge >= 0.3 is 0 Å². The molecule has 0 bridgehead atoms. The summed E-state index contributed by atoms with van der Waals surface area (Å²) in [5.41, 5.74) is 1.68. The zero-order valence-electron chi connectivity index (χ0n) is 14.0. The molecule has 1 amide bonds. The first kappa shape index (κ1) is 16.6. The number of hydrogen-bond acceptors (Lipinski definition) is 5. The van der Waals surface area contributed by atoms with Gasteiger partial charge in [0.05, 0.1) is 13.7 Å². The lowest BCUT2D eigenvalue weighted by Gasteiger charge is -2.05. The fourth-order valence-electron chi connectivity index (χ4n) is 2.27. The number of carbonyl (C=O) groups is 1. The molecule has 128 valence electrons. The Morgan fingerprint density at radius 3 is 2.40 bits per heavy atom. The minimum atomic E-state index is -0.340. The van der Waals surface area contributed by atoms with E-state index in [2.05, 4.69) is 10.5 Å². The van der Waals surface area contributed by atoms with Gasteiger partial charge < -0.3 is 19.3 Å². The third kappa shape index (κ3) is 3.98. The summed E-state index contributed by atoms with van der Waals surface area (Å²) in [5, 5.41) is 6.61. The number of methoxy groups -OCH3 is 1. The highest BCUT2D eigenvalue weighted by atomic mass is 16.5. The van der Waals surface area contributed by atoms with Crippen LogP contribution in [0.1, 0.15) is 17.4 Å². The second kappa shape index (κ2) is 7.53. The minimum Gasteiger partial charge on any atom is -0.497 e. The molecule has 0 aliphatic rings. The molecule has 1 aromatic heterocycles. The molecule has 6 nitrogen and oxygen atoms in total. The zero-order valence-corrected chi connectivity index (χ0v) is 14.0. The van der Waals surface area contributed by atoms with E-state index in [0.717, 1.165) is 17.1 Å². The Kier molecular flexibility index (Phi) is 4.99. The van der Waals surface area contributed by atoms with E-state index in [4.69, 9.17) is 14.0 Å². The number of benzene rings is 2. The van der Waals surface area contributed by atoms with Gasteiger partial charge in [0.25, 0.3) is 5.91 Å². The first-order chi connectivity index (χ1) is 12.2. The number of rotatable bonds is 6. The number of aromatic nitrogens is 1. The molecule has 2 aromatic carbocycles. The largest absolute Gasteiger partial charge is 0.497 e. The third-order valence-corrected chi connectivity index (χ3v) is 3.54. The van der Waals surface area contributed by atoms with Crippen molar-refractivity contribution < 1.29 is 18.8 Å². The Balaban J connectivity index is 1.69. The normalized spacial score (nSPS) is 10.3. The van der Waals surface area contributed by atoms with Crippen LogP contribution in [0.25, 0.3) is 11.3 Å². The van der Waals surface area contributed by atoms with Crippen LogP contribution in [0.2, 0.25) is 0 Å². The maximum absolute atomic E-state index is 12.3. The molecule has 6 heteroatoms. The van der Waals surface area contributed by atoms with E-state index in [-0.39, 0.29) is 11.6 Å². The van der Waals surface area contributed by atoms with Crippen molar-refractivity contribution >= 4 is 11.6 Å². The number of carbonyl (C=O) groups excluding carboxylic acids is 1. The Bertz CT molecular complexity index is 839. The van der Waals surface area contributed by atoms with Crippen molar-refractivity contribution in [2.45, 2.75) is 6.92 Å². The van der Waals surface area contributed by atoms with Crippen molar-refractivity contribution in [3.05, 3.63) is 60.3 Å². The van der Waals surface area contributed by atoms with E-state index >= 15 is 0 Å². The molecule has 0 atom stereocenters. The lowest BCUT2D eigenvalue weighted by atomic mass is 10.1. The number of hydrogen-bond donors (Lipinski definition) is 1. The molecule has 0 spiro atoms. The monoisotopic (exact) mass is 338 g/mol. The predicted octanol–water partition coefficient (Wildman–Crippen LogP) is 4.00. The average Bonchev–Trinajstić information content (AvgIpc) is 3.14. The molecule has 0 unspecified atom stereocenters. The first-order valence-corrected chi connectivity index (χ1v) is 7.85. The second-order valence-corrected chi connectivity index (χ2v) is 5.22. The molecule has 0 aliphatic heterocycles. The van der Waals surface area contributed by atoms with Gasteiger partial charge in [0.15, 0.2) is 11.5 Å². The minimum absolute atomic E-state index is 0.208. The van der Waals surface area contributed by atoms with Gasteiger partial charge in [0.2, 0.25) is 0 Å². The molecule has 0 fully saturated rings. The standard InChI is InChI=1S/C19H18N2O4/c1-3-24-16-10-6-14(7-11-16)20-19(22)17-12-18(25-21-17)13-4-8-15(23-2)9-5-13/h4-12H,3H2,1-2H3,(H,20,22). The highest BCUT2D eigenvalue weighted by molar-refractivity contribution is 6.03. The van der Waals surface area contributed by atoms with Crippen molar-refractivity contribution in [2.24, 2.45) is 0 Å². The molecule has 3 aromatic rings. The lowest BCUT2D eigenvalue weighted by Crippen LogP contribution is -2.12. The van der Waals surface area contributed by atoms with Crippen LogP contribution in [0, 0.1) is 0 Å². The van der Waals surface area contributed by atoms with E-state index < -0.39 is 0 Å². The molecule has 25 heavy (non-hydrogen) atoms. The van der Waals surface area contributed by atoms with Crippen LogP contribution in [0.4, 0.5) is 5.69 Å². The maximum Gasteiger partial charge on any atom is 0.277 e. The molecule has 0 aliphatic carbocycles. The van der Waals surface area contributed by atoms with Crippen LogP contribution in [-0.2, 0) is 0 Å². The summed E-state index contributed by atoms with van der Waals surface area (Å²) in [6.45, 7) is 2.51. The molecule has 3 rings (SSSR count). The summed E-state index contributed by atoms with van der Waals surface area (Å²) in [6.07, 6.45) is 0. The van der Waals surface area contributed by atoms with Gasteiger partial charge in [-0.2, -0.15) is 0 Å². The van der Waals surface area contributed by atoms with E-state index in [1.165, 1.54) is 0 Å². The average molecular weight is 338 g/mol. The predicted molar refractivity (Wildman–Crippen MR) is 94.1 cm³/mol. The highest BCUT2D eigenvalue weighted by Gasteiger charge is 2.14. The smallest absolute Gasteiger partial charge is 0.277 e. The zero-order chi connectivity index (χ0) is 17.6. The number of ether oxygens (including phenoxy) is 2. The van der Waals surface area contributed by atoms with Crippen molar-refractivity contribution in [3.8, 4) is 22.8 Å². The molecule has 0 saturated heterocycles. The Labute approximate surface area is 145 Å². The van der Waals surface area contributed by atoms with Gasteiger partial charge in [-0.25, -0.2) is 0 Å². The van der Waals surface area contributed by atoms with Crippen LogP contribution in [-0.4, -0.2) is 24.8 Å². The van der Waals surface area contributed by atoms with Crippen molar-refractivity contribution in [1.82, 2.24) is 5.16 Å². The van der Waals surface area contributed by atoms with Crippen molar-refractivity contribution in [2.75, 3.05) is 19.0 Å². The third-order valence-electron chi connectivity index (χ3n) is 3.54. The molecular formula is C19H18N2O4. The van der Waals surface area contributed by atoms with Gasteiger partial charge in [-0.3, -0.25) is 4.79 Å². The summed E-state index contributed by atoms with van der Waals surface area (Å²) in [4.78, 5) is 12.3. The fourth-order valence-corrected chi connectivity index (χ4v) is 2.27. The van der Waals surface area contributed by atoms with Crippen LogP contribution >= 0.6 is 0 Å². The van der Waals surface area contributed by atoms with Crippen LogP contribution in [0.3, 0.4) is 0 Å². The Hall–Kier alpha value is -3.28. The summed E-state index contributed by atoms with van der Waals surface area (Å²) < 4.78 is 15.8. The van der Waals surface area contributed by atoms with Gasteiger partial charge in [0, 0.05) is 17.3 Å². The van der Waals surface area contributed by atoms with Crippen molar-refractivity contribution in [3.63, 3.8) is 0 Å². The molecule has 1 N–H and O–H groups in total. The summed E-state index contributed by atoms with van der Waals surface area (Å²) >= 11 is 0. The molecule has 1 heterocycles. The number of nitrogens with zero attached hydrogens (tertiary/aromatic N) is 1. The van der Waals surface area contributed by atoms with Gasteiger partial charge in [-0.05, 0) is 55.5 Å². The van der Waals surface area contributed by atoms with Gasteiger partial charge in [-0.1, -0.05) is 5.16 Å². The molecular weight excluding hydrogens is 320 g/mol. The van der Waals surface area contributed by atoms with Crippen LogP contribution in [0.15, 0.2) is 59.1 Å². The van der Waals surface area contributed by atoms with E-state index in [9.17, 15) is 4.79 Å². The van der Waals surface area contributed by atoms with Crippen molar-refractivity contribution in [1.29, 1.82) is 0 Å². The Morgan fingerprint density at radius 1 is 1.08 bits per heavy atom. The summed E-state index contributed by atoms with van der Waals surface area (Å²) in [5.74, 6) is 1.67. The quantitative estimate of drug-likeness (QED) is 0.735. The number of amides is 1. The van der Waals surface area contributed by atoms with Gasteiger partial charge in [-0.15, -0.1) is 0 Å². The molecule has 0 saturated carbocycles. The number of nitrogens with one attached hydrogen (secondary N) is 1. The summed E-state index contributed by atoms with van der Waals surface area (Å²) in [6, 6.07) is 16.1. The first-order valence-electron chi connectivity index (χ1n) is 7.85. The van der Waals surface area contributed by atoms with Crippen LogP contribution < -0.4 is 14.8 Å². The maximum atomic E-state index is 12.3. The number of anilines is 1. The summed E-state index contributed by atoms with van der Waals surface area (Å²) in [7, 11) is 1.60. The van der Waals surface area contributed by atoms with E-state index in [1.807, 2.05) is 31.2 Å². The van der Waals surface area contributed by atoms with Gasteiger partial charge in [0.1, 0.15) is 11.5 Å². The lowest BCUT2D eigenvalue weighted by molar-refractivity contribution is 0.101. The van der Waals surface area contributed by atoms with E-state index in [1.54, 1.807) is 37.4 Å². The topological polar surface area (TPSA) is 73.6 Å². The Morgan fingerprint density at radius 2 is 1.76 bits per heavy atom. The second-order valence-electron chi connectivity index (χ2n) is 5.22. The SMILES string of the molecule is CCOc1ccc(NC(=O)c2cc(-c3ccc(OC)cc3)on2)cc1. The van der Waals surface area contributed by atoms with E-state index in [0.29, 0.717) is 18.1 Å².